The molecular weight excluding hydrogens is 318 g/mol. The Bertz CT molecular complexity index is 701. The summed E-state index contributed by atoms with van der Waals surface area (Å²) < 4.78 is 0. The lowest BCUT2D eigenvalue weighted by atomic mass is 10.1. The summed E-state index contributed by atoms with van der Waals surface area (Å²) in [4.78, 5) is 14.8. The van der Waals surface area contributed by atoms with Crippen molar-refractivity contribution in [2.24, 2.45) is 5.73 Å². The SMILES string of the molecule is CC(C)N(CC(=O)Nc1ccccc1C(N)=S)Cc1ccccc1. The first-order valence-corrected chi connectivity index (χ1v) is 8.35. The number of anilines is 1. The maximum absolute atomic E-state index is 12.5. The van der Waals surface area contributed by atoms with Gasteiger partial charge in [-0.25, -0.2) is 0 Å². The molecule has 0 unspecified atom stereocenters. The molecule has 0 aliphatic heterocycles. The molecule has 2 aromatic carbocycles. The third kappa shape index (κ3) is 5.15. The molecule has 126 valence electrons. The van der Waals surface area contributed by atoms with Crippen LogP contribution in [-0.2, 0) is 11.3 Å². The molecule has 2 rings (SSSR count). The smallest absolute Gasteiger partial charge is 0.238 e. The van der Waals surface area contributed by atoms with Gasteiger partial charge in [-0.05, 0) is 31.5 Å². The van der Waals surface area contributed by atoms with Gasteiger partial charge in [-0.2, -0.15) is 0 Å². The zero-order valence-electron chi connectivity index (χ0n) is 14.0. The van der Waals surface area contributed by atoms with E-state index in [9.17, 15) is 4.79 Å². The zero-order valence-corrected chi connectivity index (χ0v) is 14.8. The molecule has 0 heterocycles. The molecule has 0 aliphatic carbocycles. The summed E-state index contributed by atoms with van der Waals surface area (Å²) in [5, 5.41) is 2.91. The van der Waals surface area contributed by atoms with Crippen molar-refractivity contribution >= 4 is 28.8 Å². The fourth-order valence-corrected chi connectivity index (χ4v) is 2.60. The third-order valence-electron chi connectivity index (χ3n) is 3.77. The largest absolute Gasteiger partial charge is 0.389 e. The number of hydrogen-bond donors (Lipinski definition) is 2. The van der Waals surface area contributed by atoms with Crippen LogP contribution >= 0.6 is 12.2 Å². The standard InChI is InChI=1S/C19H23N3OS/c1-14(2)22(12-15-8-4-3-5-9-15)13-18(23)21-17-11-7-6-10-16(17)19(20)24/h3-11,14H,12-13H2,1-2H3,(H2,20,24)(H,21,23). The highest BCUT2D eigenvalue weighted by molar-refractivity contribution is 7.80. The second kappa shape index (κ2) is 8.57. The lowest BCUT2D eigenvalue weighted by molar-refractivity contribution is -0.117. The van der Waals surface area contributed by atoms with Crippen LogP contribution in [0.1, 0.15) is 25.0 Å². The van der Waals surface area contributed by atoms with Crippen LogP contribution in [0.2, 0.25) is 0 Å². The lowest BCUT2D eigenvalue weighted by Crippen LogP contribution is -2.37. The Hall–Kier alpha value is -2.24. The summed E-state index contributed by atoms with van der Waals surface area (Å²) in [6, 6.07) is 17.7. The molecule has 1 amide bonds. The Morgan fingerprint density at radius 3 is 2.38 bits per heavy atom. The minimum Gasteiger partial charge on any atom is -0.389 e. The van der Waals surface area contributed by atoms with E-state index in [2.05, 4.69) is 36.2 Å². The minimum absolute atomic E-state index is 0.0802. The number of nitrogens with one attached hydrogen (secondary N) is 1. The summed E-state index contributed by atoms with van der Waals surface area (Å²) in [6.07, 6.45) is 0. The molecule has 0 saturated heterocycles. The van der Waals surface area contributed by atoms with Gasteiger partial charge < -0.3 is 11.1 Å². The first kappa shape index (κ1) is 18.1. The third-order valence-corrected chi connectivity index (χ3v) is 3.99. The average Bonchev–Trinajstić information content (AvgIpc) is 2.55. The van der Waals surface area contributed by atoms with E-state index in [1.54, 1.807) is 0 Å². The summed E-state index contributed by atoms with van der Waals surface area (Å²) >= 11 is 5.03. The van der Waals surface area contributed by atoms with E-state index in [1.165, 1.54) is 5.56 Å². The first-order valence-electron chi connectivity index (χ1n) is 7.94. The highest BCUT2D eigenvalue weighted by Crippen LogP contribution is 2.15. The maximum atomic E-state index is 12.5. The zero-order chi connectivity index (χ0) is 17.5. The van der Waals surface area contributed by atoms with Crippen molar-refractivity contribution in [2.75, 3.05) is 11.9 Å². The van der Waals surface area contributed by atoms with Crippen molar-refractivity contribution in [1.82, 2.24) is 4.90 Å². The molecule has 5 heteroatoms. The molecule has 0 fully saturated rings. The van der Waals surface area contributed by atoms with E-state index in [1.807, 2.05) is 42.5 Å². The number of thiocarbonyl (C=S) groups is 1. The average molecular weight is 341 g/mol. The van der Waals surface area contributed by atoms with Crippen molar-refractivity contribution in [3.63, 3.8) is 0 Å². The molecule has 0 aromatic heterocycles. The monoisotopic (exact) mass is 341 g/mol. The Morgan fingerprint density at radius 1 is 1.12 bits per heavy atom. The normalized spacial score (nSPS) is 10.8. The Kier molecular flexibility index (Phi) is 6.46. The van der Waals surface area contributed by atoms with Crippen LogP contribution in [0.4, 0.5) is 5.69 Å². The quantitative estimate of drug-likeness (QED) is 0.760. The number of rotatable bonds is 7. The van der Waals surface area contributed by atoms with E-state index in [0.717, 1.165) is 6.54 Å². The van der Waals surface area contributed by atoms with Crippen molar-refractivity contribution < 1.29 is 4.79 Å². The Morgan fingerprint density at radius 2 is 1.75 bits per heavy atom. The summed E-state index contributed by atoms with van der Waals surface area (Å²) in [5.41, 5.74) is 8.23. The highest BCUT2D eigenvalue weighted by atomic mass is 32.1. The van der Waals surface area contributed by atoms with Gasteiger partial charge in [0, 0.05) is 18.2 Å². The van der Waals surface area contributed by atoms with Gasteiger partial charge in [0.25, 0.3) is 0 Å². The molecular formula is C19H23N3OS. The van der Waals surface area contributed by atoms with Gasteiger partial charge in [0.05, 0.1) is 12.2 Å². The van der Waals surface area contributed by atoms with Crippen LogP contribution < -0.4 is 11.1 Å². The molecule has 0 aliphatic rings. The van der Waals surface area contributed by atoms with E-state index in [0.29, 0.717) is 17.8 Å². The molecule has 2 aromatic rings. The molecule has 0 spiro atoms. The highest BCUT2D eigenvalue weighted by Gasteiger charge is 2.16. The maximum Gasteiger partial charge on any atom is 0.238 e. The van der Waals surface area contributed by atoms with Crippen LogP contribution in [0.15, 0.2) is 54.6 Å². The number of nitrogens with zero attached hydrogens (tertiary/aromatic N) is 1. The number of nitrogens with two attached hydrogens (primary N) is 1. The number of benzene rings is 2. The fourth-order valence-electron chi connectivity index (χ4n) is 2.42. The molecule has 0 radical (unpaired) electrons. The lowest BCUT2D eigenvalue weighted by Gasteiger charge is -2.26. The molecule has 0 saturated carbocycles. The van der Waals surface area contributed by atoms with Crippen molar-refractivity contribution in [1.29, 1.82) is 0 Å². The Balaban J connectivity index is 2.05. The number of carbonyl (C=O) groups is 1. The van der Waals surface area contributed by atoms with Gasteiger partial charge in [0.15, 0.2) is 0 Å². The van der Waals surface area contributed by atoms with Crippen LogP contribution in [-0.4, -0.2) is 28.4 Å². The Labute approximate surface area is 148 Å². The summed E-state index contributed by atoms with van der Waals surface area (Å²) in [5.74, 6) is -0.0802. The number of amides is 1. The summed E-state index contributed by atoms with van der Waals surface area (Å²) in [7, 11) is 0. The molecule has 0 bridgehead atoms. The molecule has 3 N–H and O–H groups in total. The van der Waals surface area contributed by atoms with Gasteiger partial charge in [0.1, 0.15) is 4.99 Å². The molecule has 24 heavy (non-hydrogen) atoms. The summed E-state index contributed by atoms with van der Waals surface area (Å²) in [6.45, 7) is 5.19. The minimum atomic E-state index is -0.0802. The molecule has 0 atom stereocenters. The van der Waals surface area contributed by atoms with Gasteiger partial charge in [-0.1, -0.05) is 54.7 Å². The van der Waals surface area contributed by atoms with Gasteiger partial charge in [-0.3, -0.25) is 9.69 Å². The predicted molar refractivity (Wildman–Crippen MR) is 103 cm³/mol. The van der Waals surface area contributed by atoms with E-state index >= 15 is 0 Å². The predicted octanol–water partition coefficient (Wildman–Crippen LogP) is 3.17. The van der Waals surface area contributed by atoms with Crippen molar-refractivity contribution in [3.8, 4) is 0 Å². The van der Waals surface area contributed by atoms with Crippen LogP contribution in [0.25, 0.3) is 0 Å². The van der Waals surface area contributed by atoms with Gasteiger partial charge >= 0.3 is 0 Å². The second-order valence-electron chi connectivity index (χ2n) is 5.94. The number of para-hydroxylation sites is 1. The van der Waals surface area contributed by atoms with Gasteiger partial charge in [-0.15, -0.1) is 0 Å². The number of hydrogen-bond acceptors (Lipinski definition) is 3. The van der Waals surface area contributed by atoms with Crippen LogP contribution in [0.5, 0.6) is 0 Å². The second-order valence-corrected chi connectivity index (χ2v) is 6.38. The van der Waals surface area contributed by atoms with E-state index < -0.39 is 0 Å². The first-order chi connectivity index (χ1) is 11.5. The van der Waals surface area contributed by atoms with E-state index in [-0.39, 0.29) is 16.9 Å². The fraction of sp³-hybridized carbons (Fsp3) is 0.263. The number of carbonyl (C=O) groups excluding carboxylic acids is 1. The van der Waals surface area contributed by atoms with Crippen molar-refractivity contribution in [3.05, 3.63) is 65.7 Å². The van der Waals surface area contributed by atoms with Crippen LogP contribution in [0.3, 0.4) is 0 Å². The van der Waals surface area contributed by atoms with Crippen LogP contribution in [0, 0.1) is 0 Å². The van der Waals surface area contributed by atoms with Gasteiger partial charge in [0.2, 0.25) is 5.91 Å². The topological polar surface area (TPSA) is 58.4 Å². The molecule has 4 nitrogen and oxygen atoms in total. The van der Waals surface area contributed by atoms with Crippen molar-refractivity contribution in [2.45, 2.75) is 26.4 Å². The van der Waals surface area contributed by atoms with E-state index in [4.69, 9.17) is 18.0 Å².